The molecular formula is C26H20N4O3S. The van der Waals surface area contributed by atoms with Gasteiger partial charge in [-0.05, 0) is 24.6 Å². The molecule has 2 aliphatic heterocycles. The van der Waals surface area contributed by atoms with Gasteiger partial charge in [0.2, 0.25) is 11.7 Å². The van der Waals surface area contributed by atoms with Gasteiger partial charge in [-0.25, -0.2) is 0 Å². The van der Waals surface area contributed by atoms with Crippen molar-refractivity contribution in [2.45, 2.75) is 23.4 Å². The molecule has 2 aromatic carbocycles. The number of hydrogen-bond donors (Lipinski definition) is 1. The zero-order valence-corrected chi connectivity index (χ0v) is 18.8. The number of carbonyl (C=O) groups is 2. The Bertz CT molecular complexity index is 1300. The molecule has 0 spiro atoms. The quantitative estimate of drug-likeness (QED) is 0.409. The molecule has 8 heteroatoms. The third kappa shape index (κ3) is 3.85. The number of nitriles is 1. The number of hydrazone groups is 1. The SMILES string of the molecule is N#CC(C(=O)Nc1ccccc1)C(=O)C1=NN(C2C=CCC=C2)C2C1=C[S+]([O-])c1ccccc12. The number of ketones is 1. The molecule has 168 valence electrons. The van der Waals surface area contributed by atoms with Crippen LogP contribution in [-0.2, 0) is 20.8 Å². The number of allylic oxidation sites excluding steroid dienone is 2. The van der Waals surface area contributed by atoms with Gasteiger partial charge in [-0.15, -0.1) is 0 Å². The van der Waals surface area contributed by atoms with Gasteiger partial charge in [0.1, 0.15) is 17.2 Å². The normalized spacial score (nSPS) is 21.6. The van der Waals surface area contributed by atoms with Crippen LogP contribution < -0.4 is 5.32 Å². The van der Waals surface area contributed by atoms with Crippen molar-refractivity contribution in [2.24, 2.45) is 11.0 Å². The lowest BCUT2D eigenvalue weighted by Gasteiger charge is -2.32. The highest BCUT2D eigenvalue weighted by atomic mass is 32.2. The van der Waals surface area contributed by atoms with E-state index < -0.39 is 34.8 Å². The molecule has 0 saturated heterocycles. The number of para-hydroxylation sites is 1. The highest BCUT2D eigenvalue weighted by Gasteiger charge is 2.47. The Morgan fingerprint density at radius 3 is 2.56 bits per heavy atom. The van der Waals surface area contributed by atoms with Crippen molar-refractivity contribution in [3.05, 3.63) is 95.4 Å². The zero-order chi connectivity index (χ0) is 23.7. The highest BCUT2D eigenvalue weighted by Crippen LogP contribution is 2.45. The van der Waals surface area contributed by atoms with Crippen LogP contribution in [0.2, 0.25) is 0 Å². The summed E-state index contributed by atoms with van der Waals surface area (Å²) in [6.07, 6.45) is 8.83. The minimum atomic E-state index is -1.59. The molecule has 0 radical (unpaired) electrons. The standard InChI is InChI=1S/C26H20N4O3S/c27-15-20(26(32)28-17-9-3-1-4-10-17)25(31)23-21-16-34(33)22-14-8-7-13-19(22)24(21)30(29-23)18-11-5-2-6-12-18/h1,3-14,16,18,20,24H,2H2,(H,28,32). The minimum Gasteiger partial charge on any atom is -0.607 e. The van der Waals surface area contributed by atoms with E-state index in [-0.39, 0.29) is 11.8 Å². The van der Waals surface area contributed by atoms with E-state index in [1.165, 1.54) is 5.41 Å². The van der Waals surface area contributed by atoms with Gasteiger partial charge in [-0.3, -0.25) is 14.6 Å². The average molecular weight is 469 g/mol. The number of fused-ring (bicyclic) bond motifs is 3. The third-order valence-electron chi connectivity index (χ3n) is 5.88. The molecular weight excluding hydrogens is 448 g/mol. The van der Waals surface area contributed by atoms with Gasteiger partial charge in [0.25, 0.3) is 0 Å². The number of rotatable bonds is 5. The van der Waals surface area contributed by atoms with Crippen LogP contribution >= 0.6 is 0 Å². The van der Waals surface area contributed by atoms with Gasteiger partial charge in [0.15, 0.2) is 10.8 Å². The molecule has 34 heavy (non-hydrogen) atoms. The molecule has 7 nitrogen and oxygen atoms in total. The Balaban J connectivity index is 1.52. The number of nitrogens with one attached hydrogen (secondary N) is 1. The summed E-state index contributed by atoms with van der Waals surface area (Å²) in [7, 11) is 0. The number of hydrogen-bond acceptors (Lipinski definition) is 6. The second-order valence-corrected chi connectivity index (χ2v) is 9.27. The second kappa shape index (κ2) is 9.14. The molecule has 0 fully saturated rings. The molecule has 0 aromatic heterocycles. The first-order valence-corrected chi connectivity index (χ1v) is 12.0. The van der Waals surface area contributed by atoms with Gasteiger partial charge < -0.3 is 9.87 Å². The molecule has 3 atom stereocenters. The van der Waals surface area contributed by atoms with Crippen molar-refractivity contribution in [3.8, 4) is 6.07 Å². The minimum absolute atomic E-state index is 0.00464. The van der Waals surface area contributed by atoms with Crippen molar-refractivity contribution >= 4 is 34.3 Å². The molecule has 2 heterocycles. The maximum absolute atomic E-state index is 13.5. The zero-order valence-electron chi connectivity index (χ0n) is 18.0. The largest absolute Gasteiger partial charge is 0.607 e. The van der Waals surface area contributed by atoms with Crippen molar-refractivity contribution in [1.29, 1.82) is 5.26 Å². The fraction of sp³-hybridized carbons (Fsp3) is 0.154. The topological polar surface area (TPSA) is 109 Å². The Labute approximate surface area is 199 Å². The number of nitrogens with zero attached hydrogens (tertiary/aromatic N) is 3. The fourth-order valence-electron chi connectivity index (χ4n) is 4.30. The van der Waals surface area contributed by atoms with Gasteiger partial charge in [0, 0.05) is 22.4 Å². The molecule has 2 aromatic rings. The van der Waals surface area contributed by atoms with Gasteiger partial charge in [-0.2, -0.15) is 10.4 Å². The van der Waals surface area contributed by atoms with Gasteiger partial charge >= 0.3 is 0 Å². The summed E-state index contributed by atoms with van der Waals surface area (Å²) < 4.78 is 13.0. The predicted octanol–water partition coefficient (Wildman–Crippen LogP) is 3.64. The lowest BCUT2D eigenvalue weighted by Crippen LogP contribution is -2.34. The van der Waals surface area contributed by atoms with Crippen LogP contribution in [0.1, 0.15) is 18.0 Å². The maximum atomic E-state index is 13.5. The maximum Gasteiger partial charge on any atom is 0.249 e. The van der Waals surface area contributed by atoms with E-state index in [1.807, 2.05) is 48.6 Å². The molecule has 0 saturated carbocycles. The summed E-state index contributed by atoms with van der Waals surface area (Å²) >= 11 is -1.48. The third-order valence-corrected chi connectivity index (χ3v) is 7.16. The summed E-state index contributed by atoms with van der Waals surface area (Å²) in [5, 5.41) is 20.3. The molecule has 5 rings (SSSR count). The highest BCUT2D eigenvalue weighted by molar-refractivity contribution is 7.94. The van der Waals surface area contributed by atoms with Gasteiger partial charge in [0.05, 0.1) is 17.7 Å². The van der Waals surface area contributed by atoms with E-state index in [0.717, 1.165) is 12.0 Å². The number of carbonyl (C=O) groups excluding carboxylic acids is 2. The van der Waals surface area contributed by atoms with Gasteiger partial charge in [-0.1, -0.05) is 60.7 Å². The first-order chi connectivity index (χ1) is 16.6. The van der Waals surface area contributed by atoms with Crippen LogP contribution in [0, 0.1) is 17.2 Å². The van der Waals surface area contributed by atoms with Crippen LogP contribution in [0.3, 0.4) is 0 Å². The van der Waals surface area contributed by atoms with Crippen molar-refractivity contribution in [1.82, 2.24) is 5.01 Å². The van der Waals surface area contributed by atoms with Crippen LogP contribution in [0.15, 0.2) is 99.9 Å². The summed E-state index contributed by atoms with van der Waals surface area (Å²) in [5.74, 6) is -3.04. The molecule has 1 amide bonds. The van der Waals surface area contributed by atoms with Crippen LogP contribution in [0.25, 0.3) is 0 Å². The van der Waals surface area contributed by atoms with Crippen LogP contribution in [0.4, 0.5) is 5.69 Å². The second-order valence-electron chi connectivity index (χ2n) is 8.00. The lowest BCUT2D eigenvalue weighted by molar-refractivity contribution is -0.125. The van der Waals surface area contributed by atoms with E-state index in [0.29, 0.717) is 16.2 Å². The Hall–Kier alpha value is -3.93. The summed E-state index contributed by atoms with van der Waals surface area (Å²) in [6.45, 7) is 0. The summed E-state index contributed by atoms with van der Waals surface area (Å²) in [4.78, 5) is 27.0. The van der Waals surface area contributed by atoms with Crippen LogP contribution in [0.5, 0.6) is 0 Å². The monoisotopic (exact) mass is 468 g/mol. The molecule has 1 N–H and O–H groups in total. The van der Waals surface area contributed by atoms with Crippen LogP contribution in [-0.4, -0.2) is 33.0 Å². The van der Waals surface area contributed by atoms with Crippen molar-refractivity contribution < 1.29 is 14.1 Å². The number of benzene rings is 2. The molecule has 1 aliphatic carbocycles. The number of anilines is 1. The first kappa shape index (κ1) is 21.9. The van der Waals surface area contributed by atoms with E-state index in [9.17, 15) is 19.4 Å². The predicted molar refractivity (Wildman–Crippen MR) is 129 cm³/mol. The van der Waals surface area contributed by atoms with E-state index in [4.69, 9.17) is 0 Å². The lowest BCUT2D eigenvalue weighted by atomic mass is 9.90. The summed E-state index contributed by atoms with van der Waals surface area (Å²) in [6, 6.07) is 17.2. The number of Topliss-reactive ketones (excluding diaryl/α,β-unsaturated/α-hetero) is 1. The van der Waals surface area contributed by atoms with Crippen molar-refractivity contribution in [3.63, 3.8) is 0 Å². The number of amides is 1. The summed E-state index contributed by atoms with van der Waals surface area (Å²) in [5.41, 5.74) is 1.73. The Kier molecular flexibility index (Phi) is 5.88. The molecule has 3 aliphatic rings. The Morgan fingerprint density at radius 2 is 1.82 bits per heavy atom. The molecule has 0 bridgehead atoms. The Morgan fingerprint density at radius 1 is 1.12 bits per heavy atom. The smallest absolute Gasteiger partial charge is 0.249 e. The van der Waals surface area contributed by atoms with Crippen molar-refractivity contribution in [2.75, 3.05) is 5.32 Å². The molecule has 3 unspecified atom stereocenters. The first-order valence-electron chi connectivity index (χ1n) is 10.8. The van der Waals surface area contributed by atoms with E-state index in [1.54, 1.807) is 41.4 Å². The average Bonchev–Trinajstić information content (AvgIpc) is 3.25. The fourth-order valence-corrected chi connectivity index (χ4v) is 5.52. The van der Waals surface area contributed by atoms with E-state index in [2.05, 4.69) is 10.4 Å². The van der Waals surface area contributed by atoms with E-state index >= 15 is 0 Å².